The summed E-state index contributed by atoms with van der Waals surface area (Å²) in [6.45, 7) is 0.207. The molecule has 4 N–H and O–H groups in total. The van der Waals surface area contributed by atoms with Crippen LogP contribution in [0.4, 0.5) is 0 Å². The van der Waals surface area contributed by atoms with Crippen molar-refractivity contribution in [3.8, 4) is 0 Å². The van der Waals surface area contributed by atoms with Crippen molar-refractivity contribution in [3.05, 3.63) is 35.4 Å². The first-order chi connectivity index (χ1) is 7.67. The van der Waals surface area contributed by atoms with Gasteiger partial charge in [-0.3, -0.25) is 0 Å². The van der Waals surface area contributed by atoms with Crippen LogP contribution < -0.4 is 5.32 Å². The molecule has 0 spiro atoms. The van der Waals surface area contributed by atoms with Crippen LogP contribution in [0.1, 0.15) is 15.9 Å². The predicted molar refractivity (Wildman–Crippen MR) is 58.2 cm³/mol. The maximum Gasteiger partial charge on any atom is 0.335 e. The molecule has 16 heavy (non-hydrogen) atoms. The Kier molecular flexibility index (Phi) is 4.91. The Morgan fingerprint density at radius 1 is 1.19 bits per heavy atom. The molecule has 0 atom stereocenters. The first-order valence-corrected chi connectivity index (χ1v) is 4.94. The van der Waals surface area contributed by atoms with Gasteiger partial charge in [0.1, 0.15) is 0 Å². The van der Waals surface area contributed by atoms with E-state index in [2.05, 4.69) is 5.32 Å². The summed E-state index contributed by atoms with van der Waals surface area (Å²) >= 11 is 0. The lowest BCUT2D eigenvalue weighted by Gasteiger charge is -2.13. The number of aromatic carboxylic acids is 1. The van der Waals surface area contributed by atoms with Gasteiger partial charge in [-0.05, 0) is 17.7 Å². The van der Waals surface area contributed by atoms with Gasteiger partial charge in [-0.2, -0.15) is 0 Å². The van der Waals surface area contributed by atoms with Crippen molar-refractivity contribution in [2.24, 2.45) is 0 Å². The third-order valence-electron chi connectivity index (χ3n) is 2.24. The third kappa shape index (κ3) is 3.62. The molecule has 0 radical (unpaired) electrons. The summed E-state index contributed by atoms with van der Waals surface area (Å²) in [4.78, 5) is 10.6. The van der Waals surface area contributed by atoms with E-state index in [1.165, 1.54) is 12.1 Å². The zero-order chi connectivity index (χ0) is 12.0. The van der Waals surface area contributed by atoms with E-state index in [1.54, 1.807) is 12.1 Å². The van der Waals surface area contributed by atoms with Crippen molar-refractivity contribution < 1.29 is 20.1 Å². The van der Waals surface area contributed by atoms with Crippen LogP contribution in [0, 0.1) is 0 Å². The Morgan fingerprint density at radius 2 is 1.75 bits per heavy atom. The fraction of sp³-hybridized carbons (Fsp3) is 0.364. The lowest BCUT2D eigenvalue weighted by molar-refractivity contribution is 0.0697. The van der Waals surface area contributed by atoms with Gasteiger partial charge in [0.25, 0.3) is 0 Å². The van der Waals surface area contributed by atoms with Crippen molar-refractivity contribution >= 4 is 5.97 Å². The standard InChI is InChI=1S/C11H15NO4/c13-6-10(7-14)12-5-8-1-3-9(4-2-8)11(15)16/h1-4,10,12-14H,5-7H2,(H,15,16). The Labute approximate surface area is 93.4 Å². The number of aliphatic hydroxyl groups excluding tert-OH is 2. The molecule has 1 aromatic rings. The summed E-state index contributed by atoms with van der Waals surface area (Å²) in [5.74, 6) is -0.955. The van der Waals surface area contributed by atoms with Crippen molar-refractivity contribution in [2.75, 3.05) is 13.2 Å². The molecule has 0 aliphatic rings. The Morgan fingerprint density at radius 3 is 2.19 bits per heavy atom. The number of hydrogen-bond donors (Lipinski definition) is 4. The number of aliphatic hydroxyl groups is 2. The van der Waals surface area contributed by atoms with E-state index in [-0.39, 0.29) is 24.8 Å². The molecule has 5 nitrogen and oxygen atoms in total. The van der Waals surface area contributed by atoms with Gasteiger partial charge in [-0.1, -0.05) is 12.1 Å². The zero-order valence-electron chi connectivity index (χ0n) is 8.76. The normalized spacial score (nSPS) is 10.7. The summed E-state index contributed by atoms with van der Waals surface area (Å²) in [6.07, 6.45) is 0. The molecule has 1 aromatic carbocycles. The quantitative estimate of drug-likeness (QED) is 0.539. The van der Waals surface area contributed by atoms with Gasteiger partial charge in [-0.15, -0.1) is 0 Å². The van der Waals surface area contributed by atoms with E-state index in [0.717, 1.165) is 5.56 Å². The highest BCUT2D eigenvalue weighted by atomic mass is 16.4. The summed E-state index contributed by atoms with van der Waals surface area (Å²) in [5.41, 5.74) is 1.14. The topological polar surface area (TPSA) is 89.8 Å². The monoisotopic (exact) mass is 225 g/mol. The number of carboxylic acids is 1. The highest BCUT2D eigenvalue weighted by Gasteiger charge is 2.05. The predicted octanol–water partition coefficient (Wildman–Crippen LogP) is -0.172. The van der Waals surface area contributed by atoms with Gasteiger partial charge in [0, 0.05) is 6.54 Å². The minimum Gasteiger partial charge on any atom is -0.478 e. The molecule has 1 rings (SSSR count). The van der Waals surface area contributed by atoms with Crippen LogP contribution in [0.5, 0.6) is 0 Å². The van der Waals surface area contributed by atoms with Crippen LogP contribution in [0.3, 0.4) is 0 Å². The second kappa shape index (κ2) is 6.22. The molecule has 0 unspecified atom stereocenters. The minimum atomic E-state index is -0.955. The van der Waals surface area contributed by atoms with E-state index >= 15 is 0 Å². The Balaban J connectivity index is 2.52. The smallest absolute Gasteiger partial charge is 0.335 e. The van der Waals surface area contributed by atoms with Crippen LogP contribution in [0.2, 0.25) is 0 Å². The number of nitrogens with one attached hydrogen (secondary N) is 1. The summed E-state index contributed by atoms with van der Waals surface area (Å²) in [6, 6.07) is 6.09. The van der Waals surface area contributed by atoms with Crippen LogP contribution >= 0.6 is 0 Å². The van der Waals surface area contributed by atoms with Crippen LogP contribution in [0.25, 0.3) is 0 Å². The third-order valence-corrected chi connectivity index (χ3v) is 2.24. The fourth-order valence-corrected chi connectivity index (χ4v) is 1.21. The van der Waals surface area contributed by atoms with Crippen molar-refractivity contribution in [3.63, 3.8) is 0 Å². The molecule has 0 aliphatic heterocycles. The second-order valence-electron chi connectivity index (χ2n) is 3.45. The van der Waals surface area contributed by atoms with Gasteiger partial charge in [-0.25, -0.2) is 4.79 Å². The highest BCUT2D eigenvalue weighted by molar-refractivity contribution is 5.87. The molecule has 0 saturated carbocycles. The van der Waals surface area contributed by atoms with E-state index in [0.29, 0.717) is 6.54 Å². The van der Waals surface area contributed by atoms with E-state index in [1.807, 2.05) is 0 Å². The molecule has 0 heterocycles. The first-order valence-electron chi connectivity index (χ1n) is 4.94. The average molecular weight is 225 g/mol. The summed E-state index contributed by atoms with van der Waals surface area (Å²) in [7, 11) is 0. The van der Waals surface area contributed by atoms with Gasteiger partial charge >= 0.3 is 5.97 Å². The molecule has 0 bridgehead atoms. The molecule has 0 amide bonds. The number of carboxylic acid groups (broad SMARTS) is 1. The largest absolute Gasteiger partial charge is 0.478 e. The molecular formula is C11H15NO4. The molecule has 0 aliphatic carbocycles. The number of benzene rings is 1. The SMILES string of the molecule is O=C(O)c1ccc(CNC(CO)CO)cc1. The van der Waals surface area contributed by atoms with Gasteiger partial charge < -0.3 is 20.6 Å². The fourth-order valence-electron chi connectivity index (χ4n) is 1.21. The molecule has 0 saturated heterocycles. The maximum atomic E-state index is 10.6. The highest BCUT2D eigenvalue weighted by Crippen LogP contribution is 2.04. The molecule has 88 valence electrons. The van der Waals surface area contributed by atoms with E-state index in [9.17, 15) is 4.79 Å². The van der Waals surface area contributed by atoms with Crippen LogP contribution in [0.15, 0.2) is 24.3 Å². The minimum absolute atomic E-state index is 0.135. The van der Waals surface area contributed by atoms with Crippen molar-refractivity contribution in [2.45, 2.75) is 12.6 Å². The zero-order valence-corrected chi connectivity index (χ0v) is 8.76. The Bertz CT molecular complexity index is 332. The average Bonchev–Trinajstić information content (AvgIpc) is 2.31. The van der Waals surface area contributed by atoms with E-state index in [4.69, 9.17) is 15.3 Å². The molecule has 5 heteroatoms. The summed E-state index contributed by atoms with van der Waals surface area (Å²) in [5, 5.41) is 29.3. The van der Waals surface area contributed by atoms with Gasteiger partial charge in [0.2, 0.25) is 0 Å². The number of rotatable bonds is 6. The summed E-state index contributed by atoms with van der Waals surface area (Å²) < 4.78 is 0. The number of carbonyl (C=O) groups is 1. The molecule has 0 aromatic heterocycles. The molecule has 0 fully saturated rings. The Hall–Kier alpha value is -1.43. The van der Waals surface area contributed by atoms with Gasteiger partial charge in [0.15, 0.2) is 0 Å². The lowest BCUT2D eigenvalue weighted by Crippen LogP contribution is -2.35. The van der Waals surface area contributed by atoms with Crippen molar-refractivity contribution in [1.82, 2.24) is 5.32 Å². The molecular weight excluding hydrogens is 210 g/mol. The number of hydrogen-bond acceptors (Lipinski definition) is 4. The maximum absolute atomic E-state index is 10.6. The first kappa shape index (κ1) is 12.6. The van der Waals surface area contributed by atoms with Crippen LogP contribution in [-0.4, -0.2) is 40.5 Å². The second-order valence-corrected chi connectivity index (χ2v) is 3.45. The van der Waals surface area contributed by atoms with Crippen molar-refractivity contribution in [1.29, 1.82) is 0 Å². The van der Waals surface area contributed by atoms with E-state index < -0.39 is 5.97 Å². The van der Waals surface area contributed by atoms with Crippen LogP contribution in [-0.2, 0) is 6.54 Å². The lowest BCUT2D eigenvalue weighted by atomic mass is 10.1. The van der Waals surface area contributed by atoms with Gasteiger partial charge in [0.05, 0.1) is 24.8 Å².